The van der Waals surface area contributed by atoms with E-state index in [1.165, 1.54) is 82.2 Å². The topological polar surface area (TPSA) is 360 Å². The van der Waals surface area contributed by atoms with Gasteiger partial charge in [-0.3, -0.25) is 48.9 Å². The van der Waals surface area contributed by atoms with Crippen LogP contribution in [0.3, 0.4) is 0 Å². The highest BCUT2D eigenvalue weighted by molar-refractivity contribution is 8.02. The fourth-order valence-corrected chi connectivity index (χ4v) is 19.7. The molecule has 10 aromatic heterocycles. The van der Waals surface area contributed by atoms with E-state index in [2.05, 4.69) is 92.0 Å². The lowest BCUT2D eigenvalue weighted by Crippen LogP contribution is -2.21. The van der Waals surface area contributed by atoms with Crippen LogP contribution in [0.15, 0.2) is 409 Å². The third kappa shape index (κ3) is 33.5. The summed E-state index contributed by atoms with van der Waals surface area (Å²) in [4.78, 5) is 111. The maximum absolute atomic E-state index is 13.2. The van der Waals surface area contributed by atoms with Gasteiger partial charge in [-0.15, -0.1) is 34.0 Å². The van der Waals surface area contributed by atoms with Gasteiger partial charge in [0.25, 0.3) is 0 Å². The molecule has 37 heteroatoms. The van der Waals surface area contributed by atoms with Crippen LogP contribution in [0.5, 0.6) is 57.5 Å². The maximum atomic E-state index is 13.2. The van der Waals surface area contributed by atoms with Crippen LogP contribution in [0.25, 0.3) is 55.5 Å². The number of amides is 5. The number of anilines is 7. The predicted molar refractivity (Wildman–Crippen MR) is 594 cm³/mol. The average molecular weight is 2120 g/mol. The lowest BCUT2D eigenvalue weighted by atomic mass is 10.2. The highest BCUT2D eigenvalue weighted by Crippen LogP contribution is 2.38. The number of pyridine rings is 5. The van der Waals surface area contributed by atoms with E-state index >= 15 is 0 Å². The van der Waals surface area contributed by atoms with Gasteiger partial charge in [-0.05, 0) is 257 Å². The average Bonchev–Trinajstić information content (AvgIpc) is 1.70. The molecule has 10 heterocycles. The van der Waals surface area contributed by atoms with Crippen molar-refractivity contribution in [1.82, 2.24) is 54.8 Å². The number of nitrogens with one attached hydrogen (secondary N) is 8. The van der Waals surface area contributed by atoms with Crippen LogP contribution in [-0.2, 0) is 24.0 Å². The molecule has 0 saturated carbocycles. The highest BCUT2D eigenvalue weighted by Gasteiger charge is 2.19. The molecule has 150 heavy (non-hydrogen) atoms. The van der Waals surface area contributed by atoms with E-state index in [1.807, 2.05) is 251 Å². The predicted octanol–water partition coefficient (Wildman–Crippen LogP) is 27.8. The molecule has 8 N–H and O–H groups in total. The van der Waals surface area contributed by atoms with Gasteiger partial charge in [-0.2, -0.15) is 0 Å². The highest BCUT2D eigenvalue weighted by atomic mass is 32.2. The number of carbonyl (C=O) groups is 5. The van der Waals surface area contributed by atoms with E-state index in [0.717, 1.165) is 120 Å². The van der Waals surface area contributed by atoms with Crippen molar-refractivity contribution in [3.63, 3.8) is 0 Å². The number of halogens is 2. The number of aromatic amines is 1. The fourth-order valence-electron chi connectivity index (χ4n) is 13.6. The Bertz CT molecular complexity index is 7120. The molecule has 0 bridgehead atoms. The first-order chi connectivity index (χ1) is 73.3. The SMILES string of the molecule is Cc1[nH]c(SCC(=O)Nc2ccc(Oc3ccccc3)cc2)nc1-c1cccnc1.Cc1sc(SCC(=O)Nc2ccc(Oc3ccccc3)cc2)nc1-c1cccnc1.Cc1sc(SCC(=O)Nc2ccc(Oc3ccccc3)cc2)nc1-c1cccnc1.O=C(CNc1nc(-c2cccnc2)cs1)Nc1ccc(Oc2cccc(F)c2)cc1.O=C(CNc1ncc(-c2cccnc2)s1)Nc1ccc(Oc2cccc(F)c2)cc1. The number of aromatic nitrogens is 11. The Morgan fingerprint density at radius 2 is 0.640 bits per heavy atom. The minimum Gasteiger partial charge on any atom is -0.457 e. The lowest BCUT2D eigenvalue weighted by molar-refractivity contribution is -0.115. The van der Waals surface area contributed by atoms with Gasteiger partial charge in [0.1, 0.15) is 69.1 Å². The first kappa shape index (κ1) is 105. The first-order valence-corrected chi connectivity index (χ1v) is 52.5. The summed E-state index contributed by atoms with van der Waals surface area (Å²) in [5.74, 6) is 5.81. The monoisotopic (exact) mass is 2120 g/mol. The number of H-pyrrole nitrogens is 1. The normalized spacial score (nSPS) is 10.5. The Morgan fingerprint density at radius 1 is 0.313 bits per heavy atom. The molecule has 750 valence electrons. The van der Waals surface area contributed by atoms with E-state index in [9.17, 15) is 32.8 Å². The number of para-hydroxylation sites is 3. The number of thiazole rings is 4. The summed E-state index contributed by atoms with van der Waals surface area (Å²) in [7, 11) is 0. The minimum atomic E-state index is -0.364. The molecule has 0 radical (unpaired) electrons. The molecule has 0 aliphatic carbocycles. The van der Waals surface area contributed by atoms with E-state index < -0.39 is 0 Å². The largest absolute Gasteiger partial charge is 0.457 e. The molecular weight excluding hydrogens is 2030 g/mol. The van der Waals surface area contributed by atoms with Gasteiger partial charge in [-0.1, -0.05) is 119 Å². The van der Waals surface area contributed by atoms with Crippen molar-refractivity contribution >= 4 is 149 Å². The molecule has 20 aromatic rings. The van der Waals surface area contributed by atoms with Gasteiger partial charge in [0.05, 0.1) is 58.0 Å². The number of imidazole rings is 1. The van der Waals surface area contributed by atoms with E-state index in [4.69, 9.17) is 23.7 Å². The number of carbonyl (C=O) groups excluding carboxylic acids is 5. The fraction of sp³-hybridized carbons (Fsp3) is 0.0708. The van der Waals surface area contributed by atoms with Crippen LogP contribution in [-0.4, -0.2) is 115 Å². The number of nitrogens with zero attached hydrogens (tertiary/aromatic N) is 10. The van der Waals surface area contributed by atoms with Crippen LogP contribution in [0.1, 0.15) is 15.4 Å². The Morgan fingerprint density at radius 3 is 1.01 bits per heavy atom. The summed E-state index contributed by atoms with van der Waals surface area (Å²) < 4.78 is 56.6. The summed E-state index contributed by atoms with van der Waals surface area (Å²) in [6, 6.07) is 95.3. The number of aryl methyl sites for hydroxylation is 3. The second-order valence-corrected chi connectivity index (χ2v) is 39.6. The molecule has 0 aliphatic rings. The zero-order chi connectivity index (χ0) is 104. The van der Waals surface area contributed by atoms with Gasteiger partial charge < -0.3 is 65.9 Å². The van der Waals surface area contributed by atoms with Crippen molar-refractivity contribution in [3.05, 3.63) is 422 Å². The Hall–Kier alpha value is -17.5. The Balaban J connectivity index is 0.000000133. The molecular formula is C113H92F2N18O10S7. The quantitative estimate of drug-likeness (QED) is 0.0171. The zero-order valence-corrected chi connectivity index (χ0v) is 85.9. The lowest BCUT2D eigenvalue weighted by Gasteiger charge is -2.08. The summed E-state index contributed by atoms with van der Waals surface area (Å²) in [6.07, 6.45) is 19.3. The smallest absolute Gasteiger partial charge is 0.243 e. The van der Waals surface area contributed by atoms with E-state index in [1.54, 1.807) is 164 Å². The number of ether oxygens (including phenoxy) is 5. The molecule has 0 aliphatic heterocycles. The summed E-state index contributed by atoms with van der Waals surface area (Å²) >= 11 is 10.3. The summed E-state index contributed by atoms with van der Waals surface area (Å²) in [5, 5.41) is 24.3. The van der Waals surface area contributed by atoms with Crippen LogP contribution < -0.4 is 60.9 Å². The standard InChI is InChI=1S/C23H20N4O2S.2C23H19N3O2S2.2C22H17FN4O2S/c1-16-22(17-6-5-13-24-14-17)27-23(25-16)30-15-21(28)26-18-9-11-20(12-10-18)29-19-7-3-2-4-8-19;2*1-16-22(17-6-5-13-24-14-17)26-23(30-16)29-15-21(27)25-18-9-11-20(12-10-18)28-19-7-3-2-4-8-19;23-16-4-1-5-19(11-16)29-18-8-6-17(7-9-18)26-21(28)13-25-22-27-20(14-30-22)15-3-2-10-24-12-15;23-16-4-1-5-19(11-16)29-18-8-6-17(7-9-18)27-21(28)14-26-22-25-13-20(30-22)15-3-2-10-24-12-15/h2-14H,15H2,1H3,(H,25,27)(H,26,28);2*2-14H,15H2,1H3,(H,25,27);1-12,14H,13H2,(H,25,27)(H,26,28);1-13H,14H2,(H,25,26)(H,27,28). The molecule has 0 fully saturated rings. The van der Waals surface area contributed by atoms with Crippen molar-refractivity contribution in [3.8, 4) is 113 Å². The van der Waals surface area contributed by atoms with Crippen molar-refractivity contribution in [2.75, 3.05) is 67.6 Å². The van der Waals surface area contributed by atoms with Crippen LogP contribution in [0.4, 0.5) is 47.5 Å². The molecule has 0 spiro atoms. The molecule has 0 saturated heterocycles. The molecule has 0 atom stereocenters. The van der Waals surface area contributed by atoms with Crippen molar-refractivity contribution in [2.24, 2.45) is 0 Å². The van der Waals surface area contributed by atoms with Gasteiger partial charge in [0.2, 0.25) is 29.5 Å². The van der Waals surface area contributed by atoms with Gasteiger partial charge in [0, 0.05) is 157 Å². The molecule has 10 aromatic carbocycles. The summed E-state index contributed by atoms with van der Waals surface area (Å²) in [6.45, 7) is 6.19. The third-order valence-electron chi connectivity index (χ3n) is 20.6. The third-order valence-corrected chi connectivity index (χ3v) is 27.5. The van der Waals surface area contributed by atoms with Crippen LogP contribution in [0, 0.1) is 32.4 Å². The molecule has 20 rings (SSSR count). The Kier molecular flexibility index (Phi) is 38.4. The maximum Gasteiger partial charge on any atom is 0.243 e. The number of benzene rings is 10. The van der Waals surface area contributed by atoms with Crippen LogP contribution >= 0.6 is 80.6 Å². The van der Waals surface area contributed by atoms with E-state index in [0.29, 0.717) is 72.7 Å². The number of hydrogen-bond acceptors (Lipinski definition) is 29. The molecule has 0 unspecified atom stereocenters. The molecule has 5 amide bonds. The van der Waals surface area contributed by atoms with Crippen molar-refractivity contribution < 1.29 is 56.4 Å². The molecule has 28 nitrogen and oxygen atoms in total. The minimum absolute atomic E-state index is 0.0764. The number of thioether (sulfide) groups is 3. The zero-order valence-electron chi connectivity index (χ0n) is 80.2. The van der Waals surface area contributed by atoms with Gasteiger partial charge in [-0.25, -0.2) is 33.7 Å². The second-order valence-electron chi connectivity index (χ2n) is 31.9. The van der Waals surface area contributed by atoms with E-state index in [-0.39, 0.29) is 60.0 Å². The number of rotatable bonds is 35. The summed E-state index contributed by atoms with van der Waals surface area (Å²) in [5.41, 5.74) is 12.7. The first-order valence-electron chi connectivity index (χ1n) is 46.2. The van der Waals surface area contributed by atoms with Crippen LogP contribution in [0.2, 0.25) is 0 Å². The second kappa shape index (κ2) is 54.6. The van der Waals surface area contributed by atoms with Gasteiger partial charge >= 0.3 is 0 Å². The number of hydrogen-bond donors (Lipinski definition) is 8. The Labute approximate surface area is 890 Å². The van der Waals surface area contributed by atoms with Crippen molar-refractivity contribution in [1.29, 1.82) is 0 Å². The van der Waals surface area contributed by atoms with Crippen molar-refractivity contribution in [2.45, 2.75) is 34.6 Å². The van der Waals surface area contributed by atoms with Gasteiger partial charge in [0.15, 0.2) is 24.1 Å².